The van der Waals surface area contributed by atoms with E-state index >= 15 is 0 Å². The van der Waals surface area contributed by atoms with Crippen LogP contribution in [0.2, 0.25) is 0 Å². The van der Waals surface area contributed by atoms with Gasteiger partial charge >= 0.3 is 6.03 Å². The van der Waals surface area contributed by atoms with Gasteiger partial charge in [0.2, 0.25) is 0 Å². The molecule has 1 aromatic rings. The first-order valence-corrected chi connectivity index (χ1v) is 8.54. The fourth-order valence-electron chi connectivity index (χ4n) is 2.14. The van der Waals surface area contributed by atoms with Crippen LogP contribution in [0.1, 0.15) is 33.6 Å². The number of carbonyl (C=O) groups excluding carboxylic acids is 1. The Morgan fingerprint density at radius 2 is 1.87 bits per heavy atom. The summed E-state index contributed by atoms with van der Waals surface area (Å²) in [5, 5.41) is 9.29. The highest BCUT2D eigenvalue weighted by Crippen LogP contribution is 2.11. The summed E-state index contributed by atoms with van der Waals surface area (Å²) < 4.78 is 5.27. The third-order valence-electron chi connectivity index (χ3n) is 3.62. The molecule has 0 fully saturated rings. The molecule has 0 saturated carbocycles. The van der Waals surface area contributed by atoms with Crippen LogP contribution in [0.5, 0.6) is 0 Å². The van der Waals surface area contributed by atoms with Gasteiger partial charge in [0, 0.05) is 38.0 Å². The smallest absolute Gasteiger partial charge is 0.314 e. The van der Waals surface area contributed by atoms with Crippen LogP contribution in [0.3, 0.4) is 0 Å². The number of carbonyl (C=O) groups is 1. The second-order valence-electron chi connectivity index (χ2n) is 5.90. The Morgan fingerprint density at radius 1 is 1.13 bits per heavy atom. The van der Waals surface area contributed by atoms with Gasteiger partial charge in [0.25, 0.3) is 0 Å². The van der Waals surface area contributed by atoms with Crippen molar-refractivity contribution < 1.29 is 9.53 Å². The number of amides is 2. The van der Waals surface area contributed by atoms with Crippen LogP contribution in [0.25, 0.3) is 0 Å². The Hall–Kier alpha value is -1.75. The van der Waals surface area contributed by atoms with Crippen molar-refractivity contribution in [3.8, 4) is 0 Å². The summed E-state index contributed by atoms with van der Waals surface area (Å²) in [5.41, 5.74) is 1.07. The predicted octanol–water partition coefficient (Wildman–Crippen LogP) is 3.24. The highest BCUT2D eigenvalue weighted by molar-refractivity contribution is 5.73. The van der Waals surface area contributed by atoms with Crippen LogP contribution in [0.15, 0.2) is 30.3 Å². The summed E-state index contributed by atoms with van der Waals surface area (Å²) >= 11 is 0. The first-order valence-electron chi connectivity index (χ1n) is 8.54. The van der Waals surface area contributed by atoms with Crippen LogP contribution in [-0.4, -0.2) is 38.4 Å². The minimum absolute atomic E-state index is 0.109. The van der Waals surface area contributed by atoms with E-state index in [0.29, 0.717) is 19.0 Å². The Morgan fingerprint density at radius 3 is 2.52 bits per heavy atom. The van der Waals surface area contributed by atoms with Gasteiger partial charge in [-0.1, -0.05) is 32.0 Å². The molecular weight excluding hydrogens is 290 g/mol. The van der Waals surface area contributed by atoms with Gasteiger partial charge in [-0.15, -0.1) is 0 Å². The van der Waals surface area contributed by atoms with E-state index in [1.807, 2.05) is 37.3 Å². The maximum absolute atomic E-state index is 11.8. The number of urea groups is 1. The topological polar surface area (TPSA) is 62.4 Å². The second kappa shape index (κ2) is 11.8. The number of hydrogen-bond donors (Lipinski definition) is 3. The van der Waals surface area contributed by atoms with E-state index in [-0.39, 0.29) is 12.1 Å². The number of para-hydroxylation sites is 1. The number of rotatable bonds is 11. The second-order valence-corrected chi connectivity index (χ2v) is 5.90. The van der Waals surface area contributed by atoms with Crippen LogP contribution >= 0.6 is 0 Å². The zero-order valence-electron chi connectivity index (χ0n) is 14.6. The van der Waals surface area contributed by atoms with Gasteiger partial charge < -0.3 is 20.7 Å². The summed E-state index contributed by atoms with van der Waals surface area (Å²) in [6, 6.07) is 10.2. The Bertz CT molecular complexity index is 424. The Balaban J connectivity index is 2.22. The van der Waals surface area contributed by atoms with Crippen molar-refractivity contribution in [2.24, 2.45) is 5.92 Å². The molecule has 0 aliphatic rings. The van der Waals surface area contributed by atoms with Gasteiger partial charge in [0.1, 0.15) is 0 Å². The summed E-state index contributed by atoms with van der Waals surface area (Å²) in [4.78, 5) is 11.8. The quantitative estimate of drug-likeness (QED) is 0.548. The van der Waals surface area contributed by atoms with Crippen molar-refractivity contribution in [1.82, 2.24) is 10.6 Å². The molecule has 0 spiro atoms. The maximum Gasteiger partial charge on any atom is 0.314 e. The lowest BCUT2D eigenvalue weighted by Crippen LogP contribution is -2.44. The van der Waals surface area contributed by atoms with Crippen LogP contribution in [0.4, 0.5) is 10.5 Å². The summed E-state index contributed by atoms with van der Waals surface area (Å²) in [5.74, 6) is 0.418. The molecule has 0 aliphatic carbocycles. The lowest BCUT2D eigenvalue weighted by Gasteiger charge is -2.24. The van der Waals surface area contributed by atoms with Crippen LogP contribution in [0, 0.1) is 5.92 Å². The first-order chi connectivity index (χ1) is 11.1. The number of anilines is 1. The van der Waals surface area contributed by atoms with Gasteiger partial charge in [-0.3, -0.25) is 0 Å². The molecule has 0 saturated heterocycles. The average molecular weight is 321 g/mol. The lowest BCUT2D eigenvalue weighted by molar-refractivity contribution is 0.143. The van der Waals surface area contributed by atoms with Crippen LogP contribution in [-0.2, 0) is 4.74 Å². The molecule has 0 aromatic heterocycles. The Labute approximate surface area is 140 Å². The zero-order valence-corrected chi connectivity index (χ0v) is 14.6. The molecule has 1 aromatic carbocycles. The van der Waals surface area contributed by atoms with E-state index in [1.165, 1.54) is 0 Å². The fraction of sp³-hybridized carbons (Fsp3) is 0.611. The SMILES string of the molecule is CCOCCCCNC(=O)NC[C@H](Nc1ccccc1)C(C)C. The molecule has 3 N–H and O–H groups in total. The van der Waals surface area contributed by atoms with E-state index in [1.54, 1.807) is 0 Å². The maximum atomic E-state index is 11.8. The molecular formula is C18H31N3O2. The third kappa shape index (κ3) is 9.08. The van der Waals surface area contributed by atoms with E-state index in [0.717, 1.165) is 31.7 Å². The molecule has 1 atom stereocenters. The standard InChI is InChI=1S/C18H31N3O2/c1-4-23-13-9-8-12-19-18(22)20-14-17(15(2)3)21-16-10-6-5-7-11-16/h5-7,10-11,15,17,21H,4,8-9,12-14H2,1-3H3,(H2,19,20,22)/t17-/m0/s1. The Kier molecular flexibility index (Phi) is 9.87. The average Bonchev–Trinajstić information content (AvgIpc) is 2.55. The molecule has 5 nitrogen and oxygen atoms in total. The number of hydrogen-bond acceptors (Lipinski definition) is 3. The third-order valence-corrected chi connectivity index (χ3v) is 3.62. The fourth-order valence-corrected chi connectivity index (χ4v) is 2.14. The number of unbranched alkanes of at least 4 members (excludes halogenated alkanes) is 1. The molecule has 1 rings (SSSR count). The summed E-state index contributed by atoms with van der Waals surface area (Å²) in [7, 11) is 0. The van der Waals surface area contributed by atoms with Crippen molar-refractivity contribution in [2.75, 3.05) is 31.6 Å². The number of benzene rings is 1. The predicted molar refractivity (Wildman–Crippen MR) is 95.8 cm³/mol. The monoisotopic (exact) mass is 321 g/mol. The van der Waals surface area contributed by atoms with E-state index in [9.17, 15) is 4.79 Å². The summed E-state index contributed by atoms with van der Waals surface area (Å²) in [6.45, 7) is 9.06. The van der Waals surface area contributed by atoms with E-state index in [2.05, 4.69) is 29.8 Å². The minimum atomic E-state index is -0.109. The van der Waals surface area contributed by atoms with E-state index in [4.69, 9.17) is 4.74 Å². The largest absolute Gasteiger partial charge is 0.382 e. The van der Waals surface area contributed by atoms with Gasteiger partial charge in [-0.25, -0.2) is 4.79 Å². The van der Waals surface area contributed by atoms with Gasteiger partial charge in [-0.2, -0.15) is 0 Å². The molecule has 5 heteroatoms. The van der Waals surface area contributed by atoms with Crippen molar-refractivity contribution in [2.45, 2.75) is 39.7 Å². The molecule has 0 aliphatic heterocycles. The van der Waals surface area contributed by atoms with Crippen molar-refractivity contribution in [3.05, 3.63) is 30.3 Å². The molecule has 23 heavy (non-hydrogen) atoms. The van der Waals surface area contributed by atoms with E-state index < -0.39 is 0 Å². The molecule has 2 amide bonds. The summed E-state index contributed by atoms with van der Waals surface area (Å²) in [6.07, 6.45) is 1.90. The molecule has 0 unspecified atom stereocenters. The highest BCUT2D eigenvalue weighted by Gasteiger charge is 2.14. The van der Waals surface area contributed by atoms with Crippen molar-refractivity contribution in [3.63, 3.8) is 0 Å². The van der Waals surface area contributed by atoms with Crippen molar-refractivity contribution >= 4 is 11.7 Å². The molecule has 0 bridgehead atoms. The molecule has 130 valence electrons. The number of ether oxygens (including phenoxy) is 1. The number of nitrogens with one attached hydrogen (secondary N) is 3. The first kappa shape index (κ1) is 19.3. The molecule has 0 heterocycles. The zero-order chi connectivity index (χ0) is 16.9. The minimum Gasteiger partial charge on any atom is -0.382 e. The van der Waals surface area contributed by atoms with Gasteiger partial charge in [-0.05, 0) is 37.8 Å². The highest BCUT2D eigenvalue weighted by atomic mass is 16.5. The van der Waals surface area contributed by atoms with Crippen molar-refractivity contribution in [1.29, 1.82) is 0 Å². The molecule has 0 radical (unpaired) electrons. The normalized spacial score (nSPS) is 12.0. The van der Waals surface area contributed by atoms with Crippen LogP contribution < -0.4 is 16.0 Å². The van der Waals surface area contributed by atoms with Gasteiger partial charge in [0.15, 0.2) is 0 Å². The van der Waals surface area contributed by atoms with Gasteiger partial charge in [0.05, 0.1) is 0 Å². The lowest BCUT2D eigenvalue weighted by atomic mass is 10.0.